The maximum atomic E-state index is 13.1. The van der Waals surface area contributed by atoms with E-state index < -0.39 is 24.3 Å². The van der Waals surface area contributed by atoms with Crippen LogP contribution in [0.4, 0.5) is 0 Å². The number of carbonyl (C=O) groups excluding carboxylic acids is 3. The first kappa shape index (κ1) is 24.5. The van der Waals surface area contributed by atoms with Crippen LogP contribution in [0.25, 0.3) is 11.6 Å². The number of H-pyrrole nitrogens is 1. The molecule has 0 saturated carbocycles. The summed E-state index contributed by atoms with van der Waals surface area (Å²) >= 11 is 0. The van der Waals surface area contributed by atoms with Crippen molar-refractivity contribution < 1.29 is 28.6 Å². The van der Waals surface area contributed by atoms with E-state index in [1.54, 1.807) is 52.2 Å². The van der Waals surface area contributed by atoms with Crippen molar-refractivity contribution in [1.82, 2.24) is 4.98 Å². The summed E-state index contributed by atoms with van der Waals surface area (Å²) < 4.78 is 15.9. The molecule has 0 spiro atoms. The predicted octanol–water partition coefficient (Wildman–Crippen LogP) is 4.78. The molecule has 1 heterocycles. The fourth-order valence-corrected chi connectivity index (χ4v) is 3.64. The van der Waals surface area contributed by atoms with E-state index in [9.17, 15) is 14.4 Å². The lowest BCUT2D eigenvalue weighted by Crippen LogP contribution is -2.16. The number of ether oxygens (including phenoxy) is 3. The van der Waals surface area contributed by atoms with Crippen molar-refractivity contribution in [3.8, 4) is 5.75 Å². The van der Waals surface area contributed by atoms with Crippen LogP contribution in [0.5, 0.6) is 5.75 Å². The first-order valence-electron chi connectivity index (χ1n) is 10.8. The van der Waals surface area contributed by atoms with E-state index >= 15 is 0 Å². The van der Waals surface area contributed by atoms with Gasteiger partial charge in [-0.1, -0.05) is 48.5 Å². The number of methoxy groups -OCH3 is 1. The maximum absolute atomic E-state index is 13.1. The molecule has 3 aromatic rings. The minimum atomic E-state index is -0.656. The van der Waals surface area contributed by atoms with Crippen molar-refractivity contribution in [3.05, 3.63) is 88.2 Å². The topological polar surface area (TPSA) is 94.7 Å². The zero-order valence-electron chi connectivity index (χ0n) is 19.6. The summed E-state index contributed by atoms with van der Waals surface area (Å²) in [6, 6.07) is 16.3. The Labute approximate surface area is 198 Å². The largest absolute Gasteiger partial charge is 0.496 e. The minimum Gasteiger partial charge on any atom is -0.496 e. The molecule has 0 saturated heterocycles. The molecular formula is C27H27NO6. The fourth-order valence-electron chi connectivity index (χ4n) is 3.64. The molecule has 3 rings (SSSR count). The second kappa shape index (κ2) is 11.1. The number of nitrogens with one attached hydrogen (secondary N) is 1. The summed E-state index contributed by atoms with van der Waals surface area (Å²) in [6.45, 7) is 4.79. The molecule has 0 aliphatic heterocycles. The highest BCUT2D eigenvalue weighted by molar-refractivity contribution is 6.22. The first-order valence-corrected chi connectivity index (χ1v) is 10.8. The molecule has 0 aliphatic rings. The standard InChI is InChI=1S/C27H27NO6/c1-5-33-27(31)24-17(2)25(28-18(24)3)22(29)16-34-26(30)21(19-11-7-6-8-12-19)15-20-13-9-10-14-23(20)32-4/h6-15,28H,5,16H2,1-4H3. The Morgan fingerprint density at radius 1 is 0.941 bits per heavy atom. The van der Waals surface area contributed by atoms with Gasteiger partial charge in [0, 0.05) is 11.3 Å². The number of carbonyl (C=O) groups is 3. The van der Waals surface area contributed by atoms with E-state index in [1.807, 2.05) is 36.4 Å². The van der Waals surface area contributed by atoms with E-state index in [0.29, 0.717) is 33.7 Å². The normalized spacial score (nSPS) is 11.1. The SMILES string of the molecule is CCOC(=O)c1c(C)[nH]c(C(=O)COC(=O)C(=Cc2ccccc2OC)c2ccccc2)c1C. The van der Waals surface area contributed by atoms with Crippen LogP contribution in [-0.4, -0.2) is 43.0 Å². The molecule has 0 fully saturated rings. The molecule has 0 aliphatic carbocycles. The van der Waals surface area contributed by atoms with Crippen LogP contribution >= 0.6 is 0 Å². The van der Waals surface area contributed by atoms with Gasteiger partial charge in [0.05, 0.1) is 30.5 Å². The van der Waals surface area contributed by atoms with Gasteiger partial charge in [-0.25, -0.2) is 9.59 Å². The number of para-hydroxylation sites is 1. The Morgan fingerprint density at radius 2 is 1.62 bits per heavy atom. The summed E-state index contributed by atoms with van der Waals surface area (Å²) in [4.78, 5) is 41.0. The molecule has 0 atom stereocenters. The minimum absolute atomic E-state index is 0.211. The lowest BCUT2D eigenvalue weighted by Gasteiger charge is -2.10. The van der Waals surface area contributed by atoms with Gasteiger partial charge >= 0.3 is 11.9 Å². The summed E-state index contributed by atoms with van der Waals surface area (Å²) in [5.74, 6) is -1.01. The molecule has 1 N–H and O–H groups in total. The van der Waals surface area contributed by atoms with Crippen LogP contribution in [0.15, 0.2) is 54.6 Å². The molecule has 7 nitrogen and oxygen atoms in total. The Kier molecular flexibility index (Phi) is 8.03. The summed E-state index contributed by atoms with van der Waals surface area (Å²) in [5, 5.41) is 0. The molecule has 176 valence electrons. The van der Waals surface area contributed by atoms with Crippen molar-refractivity contribution >= 4 is 29.4 Å². The van der Waals surface area contributed by atoms with Crippen molar-refractivity contribution in [2.24, 2.45) is 0 Å². The number of hydrogen-bond acceptors (Lipinski definition) is 6. The number of Topliss-reactive ketones (excluding diaryl/α,β-unsaturated/α-hetero) is 1. The van der Waals surface area contributed by atoms with Gasteiger partial charge in [-0.2, -0.15) is 0 Å². The molecular weight excluding hydrogens is 434 g/mol. The molecule has 34 heavy (non-hydrogen) atoms. The number of ketones is 1. The number of esters is 2. The zero-order chi connectivity index (χ0) is 24.7. The first-order chi connectivity index (χ1) is 16.4. The zero-order valence-corrected chi connectivity index (χ0v) is 19.6. The fraction of sp³-hybridized carbons (Fsp3) is 0.222. The molecule has 0 radical (unpaired) electrons. The predicted molar refractivity (Wildman–Crippen MR) is 129 cm³/mol. The number of aromatic amines is 1. The molecule has 7 heteroatoms. The van der Waals surface area contributed by atoms with E-state index in [-0.39, 0.29) is 17.9 Å². The summed E-state index contributed by atoms with van der Waals surface area (Å²) in [5.41, 5.74) is 3.13. The lowest BCUT2D eigenvalue weighted by atomic mass is 10.0. The molecule has 0 amide bonds. The Bertz CT molecular complexity index is 1220. The van der Waals surface area contributed by atoms with Gasteiger partial charge in [-0.15, -0.1) is 0 Å². The van der Waals surface area contributed by atoms with Crippen LogP contribution in [0.3, 0.4) is 0 Å². The number of aryl methyl sites for hydroxylation is 1. The van der Waals surface area contributed by atoms with Gasteiger partial charge in [-0.3, -0.25) is 4.79 Å². The Balaban J connectivity index is 1.85. The van der Waals surface area contributed by atoms with Crippen molar-refractivity contribution in [1.29, 1.82) is 0 Å². The number of aromatic nitrogens is 1. The van der Waals surface area contributed by atoms with Crippen LogP contribution in [-0.2, 0) is 14.3 Å². The highest BCUT2D eigenvalue weighted by Crippen LogP contribution is 2.26. The monoisotopic (exact) mass is 461 g/mol. The quantitative estimate of drug-likeness (QED) is 0.213. The van der Waals surface area contributed by atoms with Gasteiger partial charge in [0.1, 0.15) is 5.75 Å². The summed E-state index contributed by atoms with van der Waals surface area (Å²) in [6.07, 6.45) is 1.67. The number of benzene rings is 2. The molecule has 2 aromatic carbocycles. The van der Waals surface area contributed by atoms with Crippen LogP contribution in [0.1, 0.15) is 50.2 Å². The second-order valence-corrected chi connectivity index (χ2v) is 7.51. The summed E-state index contributed by atoms with van der Waals surface area (Å²) in [7, 11) is 1.55. The van der Waals surface area contributed by atoms with Gasteiger partial charge in [0.2, 0.25) is 5.78 Å². The van der Waals surface area contributed by atoms with Gasteiger partial charge in [0.15, 0.2) is 6.61 Å². The average molecular weight is 462 g/mol. The van der Waals surface area contributed by atoms with E-state index in [4.69, 9.17) is 14.2 Å². The van der Waals surface area contributed by atoms with Crippen LogP contribution < -0.4 is 4.74 Å². The van der Waals surface area contributed by atoms with Gasteiger partial charge in [0.25, 0.3) is 0 Å². The van der Waals surface area contributed by atoms with Crippen molar-refractivity contribution in [2.75, 3.05) is 20.3 Å². The Morgan fingerprint density at radius 3 is 2.29 bits per heavy atom. The average Bonchev–Trinajstić information content (AvgIpc) is 3.15. The smallest absolute Gasteiger partial charge is 0.340 e. The van der Waals surface area contributed by atoms with Crippen molar-refractivity contribution in [3.63, 3.8) is 0 Å². The molecule has 0 unspecified atom stereocenters. The van der Waals surface area contributed by atoms with Crippen LogP contribution in [0, 0.1) is 13.8 Å². The number of rotatable bonds is 9. The third-order valence-corrected chi connectivity index (χ3v) is 5.27. The number of hydrogen-bond donors (Lipinski definition) is 1. The highest BCUT2D eigenvalue weighted by Gasteiger charge is 2.24. The second-order valence-electron chi connectivity index (χ2n) is 7.51. The van der Waals surface area contributed by atoms with E-state index in [0.717, 1.165) is 0 Å². The third-order valence-electron chi connectivity index (χ3n) is 5.27. The van der Waals surface area contributed by atoms with Gasteiger partial charge < -0.3 is 19.2 Å². The van der Waals surface area contributed by atoms with Gasteiger partial charge in [-0.05, 0) is 44.0 Å². The van der Waals surface area contributed by atoms with Crippen LogP contribution in [0.2, 0.25) is 0 Å². The van der Waals surface area contributed by atoms with E-state index in [2.05, 4.69) is 4.98 Å². The molecule has 1 aromatic heterocycles. The van der Waals surface area contributed by atoms with E-state index in [1.165, 1.54) is 0 Å². The van der Waals surface area contributed by atoms with Crippen molar-refractivity contribution in [2.45, 2.75) is 20.8 Å². The highest BCUT2D eigenvalue weighted by atomic mass is 16.5. The Hall–Kier alpha value is -4.13. The molecule has 0 bridgehead atoms. The maximum Gasteiger partial charge on any atom is 0.340 e. The lowest BCUT2D eigenvalue weighted by molar-refractivity contribution is -0.135. The third kappa shape index (κ3) is 5.43.